The molecule has 3 N–H and O–H groups in total. The van der Waals surface area contributed by atoms with Gasteiger partial charge in [0.1, 0.15) is 11.0 Å². The van der Waals surface area contributed by atoms with Crippen molar-refractivity contribution in [2.24, 2.45) is 0 Å². The molecule has 21 heavy (non-hydrogen) atoms. The normalized spacial score (nSPS) is 18.7. The maximum atomic E-state index is 11.8. The molecule has 8 nitrogen and oxygen atoms in total. The fraction of sp³-hybridized carbons (Fsp3) is 0.500. The van der Waals surface area contributed by atoms with Crippen LogP contribution in [0.25, 0.3) is 0 Å². The summed E-state index contributed by atoms with van der Waals surface area (Å²) in [4.78, 5) is 33.9. The smallest absolute Gasteiger partial charge is 0.407 e. The lowest BCUT2D eigenvalue weighted by molar-refractivity contribution is 0.101. The van der Waals surface area contributed by atoms with Crippen molar-refractivity contribution in [1.29, 1.82) is 0 Å². The molecule has 1 aliphatic rings. The van der Waals surface area contributed by atoms with Crippen LogP contribution in [0.2, 0.25) is 5.15 Å². The Morgan fingerprint density at radius 2 is 2.05 bits per heavy atom. The second-order valence-electron chi connectivity index (χ2n) is 4.90. The molecule has 2 heterocycles. The summed E-state index contributed by atoms with van der Waals surface area (Å²) < 4.78 is 0. The number of nitrogens with two attached hydrogens (primary N) is 1. The summed E-state index contributed by atoms with van der Waals surface area (Å²) in [6.45, 7) is 4.26. The Hall–Kier alpha value is -2.09. The van der Waals surface area contributed by atoms with Gasteiger partial charge in [-0.15, -0.1) is 0 Å². The molecule has 0 saturated carbocycles. The average Bonchev–Trinajstić information content (AvgIpc) is 2.36. The lowest BCUT2D eigenvalue weighted by atomic mass is 10.1. The molecule has 1 aliphatic heterocycles. The Bertz CT molecular complexity index is 595. The molecule has 0 bridgehead atoms. The summed E-state index contributed by atoms with van der Waals surface area (Å²) in [5.74, 6) is 0.0771. The van der Waals surface area contributed by atoms with Gasteiger partial charge in [0.05, 0.1) is 5.56 Å². The van der Waals surface area contributed by atoms with Gasteiger partial charge in [0.2, 0.25) is 5.95 Å². The summed E-state index contributed by atoms with van der Waals surface area (Å²) in [5.41, 5.74) is 5.82. The molecule has 2 rings (SSSR count). The molecular formula is C12H16ClN5O3. The highest BCUT2D eigenvalue weighted by Crippen LogP contribution is 2.28. The van der Waals surface area contributed by atoms with Crippen LogP contribution < -0.4 is 10.6 Å². The fourth-order valence-corrected chi connectivity index (χ4v) is 2.70. The SMILES string of the molecule is CC(=O)c1c(Cl)nc(N)nc1N1CCN(C(=O)O)C[C@@H]1C. The van der Waals surface area contributed by atoms with E-state index in [-0.39, 0.29) is 28.5 Å². The number of rotatable bonds is 2. The Labute approximate surface area is 126 Å². The predicted octanol–water partition coefficient (Wildman–Crippen LogP) is 1.10. The second kappa shape index (κ2) is 5.72. The lowest BCUT2D eigenvalue weighted by Gasteiger charge is -2.39. The minimum absolute atomic E-state index is 0.0119. The van der Waals surface area contributed by atoms with E-state index in [1.165, 1.54) is 11.8 Å². The molecule has 1 amide bonds. The van der Waals surface area contributed by atoms with Crippen LogP contribution >= 0.6 is 11.6 Å². The standard InChI is InChI=1S/C12H16ClN5O3/c1-6-5-17(12(20)21)3-4-18(6)10-8(7(2)19)9(13)15-11(14)16-10/h6H,3-5H2,1-2H3,(H,20,21)(H2,14,15,16)/t6-/m0/s1. The molecule has 0 spiro atoms. The van der Waals surface area contributed by atoms with E-state index in [4.69, 9.17) is 22.4 Å². The number of hydrogen-bond acceptors (Lipinski definition) is 6. The van der Waals surface area contributed by atoms with E-state index in [2.05, 4.69) is 9.97 Å². The first-order chi connectivity index (χ1) is 9.81. The number of carbonyl (C=O) groups is 2. The highest BCUT2D eigenvalue weighted by Gasteiger charge is 2.30. The molecule has 1 aromatic rings. The van der Waals surface area contributed by atoms with Crippen LogP contribution in [0.1, 0.15) is 24.2 Å². The Morgan fingerprint density at radius 3 is 2.57 bits per heavy atom. The van der Waals surface area contributed by atoms with E-state index in [9.17, 15) is 9.59 Å². The maximum Gasteiger partial charge on any atom is 0.407 e. The van der Waals surface area contributed by atoms with E-state index in [1.807, 2.05) is 11.8 Å². The fourth-order valence-electron chi connectivity index (χ4n) is 2.39. The molecule has 0 unspecified atom stereocenters. The zero-order chi connectivity index (χ0) is 15.7. The molecule has 1 aromatic heterocycles. The van der Waals surface area contributed by atoms with Gasteiger partial charge in [-0.05, 0) is 13.8 Å². The number of nitrogens with zero attached hydrogens (tertiary/aromatic N) is 4. The first-order valence-corrected chi connectivity index (χ1v) is 6.77. The van der Waals surface area contributed by atoms with Crippen LogP contribution in [0.15, 0.2) is 0 Å². The summed E-state index contributed by atoms with van der Waals surface area (Å²) >= 11 is 5.99. The molecule has 9 heteroatoms. The molecule has 1 saturated heterocycles. The van der Waals surface area contributed by atoms with Crippen LogP contribution in [-0.4, -0.2) is 57.5 Å². The number of Topliss-reactive ketones (excluding diaryl/α,β-unsaturated/α-hetero) is 1. The number of hydrogen-bond donors (Lipinski definition) is 2. The largest absolute Gasteiger partial charge is 0.465 e. The number of aromatic nitrogens is 2. The first-order valence-electron chi connectivity index (χ1n) is 6.39. The van der Waals surface area contributed by atoms with Gasteiger partial charge in [0.25, 0.3) is 0 Å². The lowest BCUT2D eigenvalue weighted by Crippen LogP contribution is -2.54. The zero-order valence-corrected chi connectivity index (χ0v) is 12.5. The summed E-state index contributed by atoms with van der Waals surface area (Å²) in [5, 5.41) is 9.04. The molecule has 0 radical (unpaired) electrons. The number of anilines is 2. The quantitative estimate of drug-likeness (QED) is 0.621. The van der Waals surface area contributed by atoms with E-state index in [1.54, 1.807) is 0 Å². The van der Waals surface area contributed by atoms with Gasteiger partial charge in [-0.3, -0.25) is 4.79 Å². The third-order valence-electron chi connectivity index (χ3n) is 3.39. The summed E-state index contributed by atoms with van der Waals surface area (Å²) in [6.07, 6.45) is -0.964. The van der Waals surface area contributed by atoms with Crippen molar-refractivity contribution >= 4 is 35.2 Å². The number of nitrogen functional groups attached to an aromatic ring is 1. The molecule has 1 atom stereocenters. The number of amides is 1. The molecule has 0 aromatic carbocycles. The van der Waals surface area contributed by atoms with E-state index < -0.39 is 6.09 Å². The Kier molecular flexibility index (Phi) is 4.17. The van der Waals surface area contributed by atoms with Crippen molar-refractivity contribution in [3.8, 4) is 0 Å². The monoisotopic (exact) mass is 313 g/mol. The molecule has 114 valence electrons. The number of ketones is 1. The van der Waals surface area contributed by atoms with Gasteiger partial charge in [-0.25, -0.2) is 9.78 Å². The van der Waals surface area contributed by atoms with Crippen LogP contribution in [0.5, 0.6) is 0 Å². The third kappa shape index (κ3) is 2.99. The number of carbonyl (C=O) groups excluding carboxylic acids is 1. The van der Waals surface area contributed by atoms with Gasteiger partial charge in [-0.1, -0.05) is 11.6 Å². The van der Waals surface area contributed by atoms with Gasteiger partial charge in [-0.2, -0.15) is 4.98 Å². The summed E-state index contributed by atoms with van der Waals surface area (Å²) in [6, 6.07) is -0.154. The van der Waals surface area contributed by atoms with Gasteiger partial charge < -0.3 is 20.6 Å². The van der Waals surface area contributed by atoms with Crippen LogP contribution in [0, 0.1) is 0 Å². The zero-order valence-electron chi connectivity index (χ0n) is 11.7. The van der Waals surface area contributed by atoms with Crippen molar-refractivity contribution < 1.29 is 14.7 Å². The third-order valence-corrected chi connectivity index (χ3v) is 3.66. The van der Waals surface area contributed by atoms with Gasteiger partial charge in [0.15, 0.2) is 5.78 Å². The number of piperazine rings is 1. The first kappa shape index (κ1) is 15.3. The van der Waals surface area contributed by atoms with Crippen molar-refractivity contribution in [2.75, 3.05) is 30.3 Å². The molecule has 1 fully saturated rings. The minimum atomic E-state index is -0.964. The maximum absolute atomic E-state index is 11.8. The van der Waals surface area contributed by atoms with Crippen LogP contribution in [0.3, 0.4) is 0 Å². The van der Waals surface area contributed by atoms with Crippen molar-refractivity contribution in [3.63, 3.8) is 0 Å². The van der Waals surface area contributed by atoms with Gasteiger partial charge >= 0.3 is 6.09 Å². The van der Waals surface area contributed by atoms with E-state index in [0.717, 1.165) is 0 Å². The van der Waals surface area contributed by atoms with E-state index in [0.29, 0.717) is 25.5 Å². The average molecular weight is 314 g/mol. The van der Waals surface area contributed by atoms with Crippen LogP contribution in [0.4, 0.5) is 16.6 Å². The summed E-state index contributed by atoms with van der Waals surface area (Å²) in [7, 11) is 0. The Morgan fingerprint density at radius 1 is 1.38 bits per heavy atom. The number of halogens is 1. The topological polar surface area (TPSA) is 113 Å². The van der Waals surface area contributed by atoms with E-state index >= 15 is 0 Å². The van der Waals surface area contributed by atoms with Crippen molar-refractivity contribution in [2.45, 2.75) is 19.9 Å². The highest BCUT2D eigenvalue weighted by molar-refractivity contribution is 6.33. The second-order valence-corrected chi connectivity index (χ2v) is 5.26. The minimum Gasteiger partial charge on any atom is -0.465 e. The van der Waals surface area contributed by atoms with Crippen molar-refractivity contribution in [1.82, 2.24) is 14.9 Å². The van der Waals surface area contributed by atoms with Crippen molar-refractivity contribution in [3.05, 3.63) is 10.7 Å². The van der Waals surface area contributed by atoms with Crippen LogP contribution in [-0.2, 0) is 0 Å². The Balaban J connectivity index is 2.38. The highest BCUT2D eigenvalue weighted by atomic mass is 35.5. The number of carboxylic acid groups (broad SMARTS) is 1. The predicted molar refractivity (Wildman–Crippen MR) is 77.9 cm³/mol. The molecule has 0 aliphatic carbocycles. The molecular weight excluding hydrogens is 298 g/mol. The van der Waals surface area contributed by atoms with Gasteiger partial charge in [0, 0.05) is 25.7 Å².